The summed E-state index contributed by atoms with van der Waals surface area (Å²) < 4.78 is 1.85. The SMILES string of the molecule is CCN(CC)C(=O)c1nn(Cc2ccccc2)c2nccc(-c3cccs3)c12. The molecule has 0 radical (unpaired) electrons. The third-order valence-electron chi connectivity index (χ3n) is 4.85. The molecule has 0 atom stereocenters. The molecule has 142 valence electrons. The molecule has 0 spiro atoms. The highest BCUT2D eigenvalue weighted by molar-refractivity contribution is 7.13. The van der Waals surface area contributed by atoms with Crippen LogP contribution < -0.4 is 0 Å². The lowest BCUT2D eigenvalue weighted by atomic mass is 10.1. The van der Waals surface area contributed by atoms with Crippen molar-refractivity contribution in [2.24, 2.45) is 0 Å². The van der Waals surface area contributed by atoms with E-state index in [0.29, 0.717) is 25.3 Å². The summed E-state index contributed by atoms with van der Waals surface area (Å²) >= 11 is 1.65. The van der Waals surface area contributed by atoms with Gasteiger partial charge in [0.25, 0.3) is 5.91 Å². The van der Waals surface area contributed by atoms with Crippen molar-refractivity contribution in [1.29, 1.82) is 0 Å². The molecule has 3 aromatic heterocycles. The second-order valence-electron chi connectivity index (χ2n) is 6.50. The van der Waals surface area contributed by atoms with E-state index in [0.717, 1.165) is 27.0 Å². The van der Waals surface area contributed by atoms with Gasteiger partial charge in [0, 0.05) is 29.7 Å². The highest BCUT2D eigenvalue weighted by atomic mass is 32.1. The average molecular weight is 391 g/mol. The Labute approximate surface area is 168 Å². The molecule has 0 unspecified atom stereocenters. The van der Waals surface area contributed by atoms with E-state index in [4.69, 9.17) is 5.10 Å². The Balaban J connectivity index is 1.92. The zero-order valence-corrected chi connectivity index (χ0v) is 16.8. The predicted octanol–water partition coefficient (Wildman–Crippen LogP) is 4.69. The molecule has 0 aliphatic carbocycles. The Morgan fingerprint density at radius 2 is 1.86 bits per heavy atom. The van der Waals surface area contributed by atoms with Crippen LogP contribution in [0.4, 0.5) is 0 Å². The number of nitrogens with zero attached hydrogens (tertiary/aromatic N) is 4. The lowest BCUT2D eigenvalue weighted by Gasteiger charge is -2.17. The predicted molar refractivity (Wildman–Crippen MR) is 114 cm³/mol. The summed E-state index contributed by atoms with van der Waals surface area (Å²) in [6.45, 7) is 5.85. The largest absolute Gasteiger partial charge is 0.338 e. The first kappa shape index (κ1) is 18.4. The number of carbonyl (C=O) groups excluding carboxylic acids is 1. The van der Waals surface area contributed by atoms with E-state index in [1.54, 1.807) is 22.4 Å². The van der Waals surface area contributed by atoms with Crippen molar-refractivity contribution in [3.8, 4) is 10.4 Å². The number of aromatic nitrogens is 3. The lowest BCUT2D eigenvalue weighted by molar-refractivity contribution is 0.0768. The van der Waals surface area contributed by atoms with E-state index in [9.17, 15) is 4.79 Å². The first-order valence-corrected chi connectivity index (χ1v) is 10.3. The molecule has 4 aromatic rings. The number of carbonyl (C=O) groups is 1. The summed E-state index contributed by atoms with van der Waals surface area (Å²) in [7, 11) is 0. The van der Waals surface area contributed by atoms with Crippen molar-refractivity contribution in [2.45, 2.75) is 20.4 Å². The fourth-order valence-electron chi connectivity index (χ4n) is 3.41. The quantitative estimate of drug-likeness (QED) is 0.480. The van der Waals surface area contributed by atoms with Crippen molar-refractivity contribution in [3.05, 3.63) is 71.4 Å². The molecule has 0 aliphatic heterocycles. The Hall–Kier alpha value is -2.99. The zero-order chi connectivity index (χ0) is 19.5. The van der Waals surface area contributed by atoms with Crippen LogP contribution in [0.3, 0.4) is 0 Å². The Kier molecular flexibility index (Phi) is 5.21. The number of rotatable bonds is 6. The molecule has 4 rings (SSSR count). The monoisotopic (exact) mass is 390 g/mol. The summed E-state index contributed by atoms with van der Waals surface area (Å²) in [5.74, 6) is -0.0485. The van der Waals surface area contributed by atoms with E-state index < -0.39 is 0 Å². The van der Waals surface area contributed by atoms with Gasteiger partial charge >= 0.3 is 0 Å². The second kappa shape index (κ2) is 7.94. The van der Waals surface area contributed by atoms with Gasteiger partial charge < -0.3 is 4.90 Å². The lowest BCUT2D eigenvalue weighted by Crippen LogP contribution is -2.31. The summed E-state index contributed by atoms with van der Waals surface area (Å²) in [4.78, 5) is 20.7. The molecular weight excluding hydrogens is 368 g/mol. The molecule has 28 heavy (non-hydrogen) atoms. The van der Waals surface area contributed by atoms with Crippen LogP contribution in [-0.4, -0.2) is 38.7 Å². The fourth-order valence-corrected chi connectivity index (χ4v) is 4.17. The van der Waals surface area contributed by atoms with Gasteiger partial charge in [0.2, 0.25) is 0 Å². The number of pyridine rings is 1. The number of thiophene rings is 1. The molecule has 0 saturated carbocycles. The number of benzene rings is 1. The van der Waals surface area contributed by atoms with Gasteiger partial charge in [-0.2, -0.15) is 5.10 Å². The van der Waals surface area contributed by atoms with E-state index in [2.05, 4.69) is 23.2 Å². The molecule has 3 heterocycles. The zero-order valence-electron chi connectivity index (χ0n) is 16.0. The Morgan fingerprint density at radius 1 is 1.07 bits per heavy atom. The summed E-state index contributed by atoms with van der Waals surface area (Å²) in [5.41, 5.74) is 3.35. The maximum Gasteiger partial charge on any atom is 0.275 e. The smallest absolute Gasteiger partial charge is 0.275 e. The van der Waals surface area contributed by atoms with Crippen LogP contribution in [0.2, 0.25) is 0 Å². The third kappa shape index (κ3) is 3.31. The summed E-state index contributed by atoms with van der Waals surface area (Å²) in [6.07, 6.45) is 1.80. The van der Waals surface area contributed by atoms with Crippen LogP contribution in [0.1, 0.15) is 29.9 Å². The van der Waals surface area contributed by atoms with Gasteiger partial charge in [0.05, 0.1) is 11.9 Å². The van der Waals surface area contributed by atoms with Crippen LogP contribution in [0.25, 0.3) is 21.5 Å². The minimum Gasteiger partial charge on any atom is -0.338 e. The normalized spacial score (nSPS) is 11.1. The topological polar surface area (TPSA) is 51.0 Å². The molecular formula is C22H22N4OS. The Morgan fingerprint density at radius 3 is 2.54 bits per heavy atom. The molecule has 1 amide bonds. The molecule has 0 fully saturated rings. The van der Waals surface area contributed by atoms with E-state index in [1.807, 2.05) is 54.2 Å². The van der Waals surface area contributed by atoms with Crippen molar-refractivity contribution in [3.63, 3.8) is 0 Å². The number of amides is 1. The number of fused-ring (bicyclic) bond motifs is 1. The Bertz CT molecular complexity index is 1080. The van der Waals surface area contributed by atoms with Gasteiger partial charge in [0.1, 0.15) is 0 Å². The first-order chi connectivity index (χ1) is 13.7. The fraction of sp³-hybridized carbons (Fsp3) is 0.227. The maximum atomic E-state index is 13.2. The molecule has 6 heteroatoms. The minimum absolute atomic E-state index is 0.0485. The van der Waals surface area contributed by atoms with Crippen LogP contribution in [0.5, 0.6) is 0 Å². The van der Waals surface area contributed by atoms with Crippen molar-refractivity contribution in [1.82, 2.24) is 19.7 Å². The minimum atomic E-state index is -0.0485. The van der Waals surface area contributed by atoms with E-state index in [1.165, 1.54) is 0 Å². The van der Waals surface area contributed by atoms with Gasteiger partial charge in [0.15, 0.2) is 11.3 Å². The van der Waals surface area contributed by atoms with Gasteiger partial charge in [-0.3, -0.25) is 4.79 Å². The van der Waals surface area contributed by atoms with Crippen LogP contribution in [-0.2, 0) is 6.54 Å². The molecule has 0 saturated heterocycles. The van der Waals surface area contributed by atoms with E-state index >= 15 is 0 Å². The first-order valence-electron chi connectivity index (χ1n) is 9.45. The van der Waals surface area contributed by atoms with Crippen LogP contribution in [0.15, 0.2) is 60.1 Å². The number of hydrogen-bond acceptors (Lipinski definition) is 4. The van der Waals surface area contributed by atoms with Crippen molar-refractivity contribution >= 4 is 28.3 Å². The standard InChI is InChI=1S/C22H22N4OS/c1-3-25(4-2)22(27)20-19-17(18-11-8-14-28-18)12-13-23-21(19)26(24-20)15-16-9-6-5-7-10-16/h5-14H,3-4,15H2,1-2H3. The average Bonchev–Trinajstić information content (AvgIpc) is 3.38. The van der Waals surface area contributed by atoms with Gasteiger partial charge in [-0.25, -0.2) is 9.67 Å². The molecule has 0 bridgehead atoms. The van der Waals surface area contributed by atoms with Gasteiger partial charge in [-0.15, -0.1) is 11.3 Å². The van der Waals surface area contributed by atoms with E-state index in [-0.39, 0.29) is 5.91 Å². The highest BCUT2D eigenvalue weighted by Gasteiger charge is 2.24. The molecule has 0 aliphatic rings. The molecule has 0 N–H and O–H groups in total. The van der Waals surface area contributed by atoms with Gasteiger partial charge in [-0.05, 0) is 36.9 Å². The summed E-state index contributed by atoms with van der Waals surface area (Å²) in [6, 6.07) is 16.2. The molecule has 1 aromatic carbocycles. The third-order valence-corrected chi connectivity index (χ3v) is 5.75. The van der Waals surface area contributed by atoms with Crippen LogP contribution >= 0.6 is 11.3 Å². The summed E-state index contributed by atoms with van der Waals surface area (Å²) in [5, 5.41) is 7.61. The maximum absolute atomic E-state index is 13.2. The second-order valence-corrected chi connectivity index (χ2v) is 7.45. The highest BCUT2D eigenvalue weighted by Crippen LogP contribution is 2.33. The van der Waals surface area contributed by atoms with Gasteiger partial charge in [-0.1, -0.05) is 36.4 Å². The number of hydrogen-bond donors (Lipinski definition) is 0. The van der Waals surface area contributed by atoms with Crippen LogP contribution in [0, 0.1) is 0 Å². The molecule has 5 nitrogen and oxygen atoms in total. The van der Waals surface area contributed by atoms with Crippen molar-refractivity contribution in [2.75, 3.05) is 13.1 Å². The van der Waals surface area contributed by atoms with Crippen molar-refractivity contribution < 1.29 is 4.79 Å².